The van der Waals surface area contributed by atoms with E-state index in [1.54, 1.807) is 0 Å². The summed E-state index contributed by atoms with van der Waals surface area (Å²) in [7, 11) is 0. The van der Waals surface area contributed by atoms with Gasteiger partial charge in [0.15, 0.2) is 0 Å². The van der Waals surface area contributed by atoms with Crippen molar-refractivity contribution in [3.05, 3.63) is 45.8 Å². The van der Waals surface area contributed by atoms with Crippen LogP contribution in [0.1, 0.15) is 43.8 Å². The number of rotatable bonds is 4. The van der Waals surface area contributed by atoms with Gasteiger partial charge >= 0.3 is 0 Å². The third kappa shape index (κ3) is 3.34. The standard InChI is InChI=1S/C16H19IN2O/c17-15-8-4-5-9-16(15)20-12-13-10-11-19(18-13)14-6-2-1-3-7-14/h4-5,8-11,14H,1-3,6-7,12H2. The van der Waals surface area contributed by atoms with Crippen molar-refractivity contribution in [2.24, 2.45) is 0 Å². The zero-order valence-electron chi connectivity index (χ0n) is 11.5. The van der Waals surface area contributed by atoms with Gasteiger partial charge in [-0.15, -0.1) is 0 Å². The van der Waals surface area contributed by atoms with Gasteiger partial charge in [0.2, 0.25) is 0 Å². The van der Waals surface area contributed by atoms with Gasteiger partial charge < -0.3 is 4.74 Å². The van der Waals surface area contributed by atoms with Crippen LogP contribution in [0.4, 0.5) is 0 Å². The van der Waals surface area contributed by atoms with Gasteiger partial charge in [0.1, 0.15) is 12.4 Å². The van der Waals surface area contributed by atoms with Crippen LogP contribution >= 0.6 is 22.6 Å². The third-order valence-corrected chi connectivity index (χ3v) is 4.72. The number of hydrogen-bond donors (Lipinski definition) is 0. The molecule has 1 heterocycles. The van der Waals surface area contributed by atoms with Gasteiger partial charge in [-0.25, -0.2) is 0 Å². The molecule has 0 saturated heterocycles. The first-order valence-electron chi connectivity index (χ1n) is 7.24. The molecular weight excluding hydrogens is 363 g/mol. The second-order valence-corrected chi connectivity index (χ2v) is 6.46. The number of benzene rings is 1. The molecule has 3 rings (SSSR count). The van der Waals surface area contributed by atoms with Crippen LogP contribution < -0.4 is 4.74 Å². The molecule has 0 bridgehead atoms. The third-order valence-electron chi connectivity index (χ3n) is 3.82. The van der Waals surface area contributed by atoms with Crippen molar-refractivity contribution < 1.29 is 4.74 Å². The van der Waals surface area contributed by atoms with Crippen LogP contribution in [-0.2, 0) is 6.61 Å². The van der Waals surface area contributed by atoms with Crippen LogP contribution in [0.3, 0.4) is 0 Å². The van der Waals surface area contributed by atoms with Crippen molar-refractivity contribution >= 4 is 22.6 Å². The highest BCUT2D eigenvalue weighted by atomic mass is 127. The molecule has 1 fully saturated rings. The molecule has 3 nitrogen and oxygen atoms in total. The van der Waals surface area contributed by atoms with Crippen LogP contribution in [0.15, 0.2) is 36.5 Å². The minimum atomic E-state index is 0.541. The minimum absolute atomic E-state index is 0.541. The lowest BCUT2D eigenvalue weighted by molar-refractivity contribution is 0.289. The second-order valence-electron chi connectivity index (χ2n) is 5.30. The van der Waals surface area contributed by atoms with Gasteiger partial charge in [0.25, 0.3) is 0 Å². The van der Waals surface area contributed by atoms with E-state index in [4.69, 9.17) is 4.74 Å². The lowest BCUT2D eigenvalue weighted by Crippen LogP contribution is -2.13. The van der Waals surface area contributed by atoms with E-state index in [1.807, 2.05) is 18.2 Å². The Balaban J connectivity index is 1.61. The van der Waals surface area contributed by atoms with Crippen molar-refractivity contribution in [1.29, 1.82) is 0 Å². The normalized spacial score (nSPS) is 16.2. The van der Waals surface area contributed by atoms with Crippen molar-refractivity contribution in [2.45, 2.75) is 44.8 Å². The van der Waals surface area contributed by atoms with Crippen molar-refractivity contribution in [3.63, 3.8) is 0 Å². The van der Waals surface area contributed by atoms with E-state index in [2.05, 4.69) is 50.7 Å². The van der Waals surface area contributed by atoms with Crippen LogP contribution in [0, 0.1) is 3.57 Å². The van der Waals surface area contributed by atoms with Gasteiger partial charge in [-0.05, 0) is 53.6 Å². The fraction of sp³-hybridized carbons (Fsp3) is 0.438. The van der Waals surface area contributed by atoms with Crippen LogP contribution in [0.25, 0.3) is 0 Å². The van der Waals surface area contributed by atoms with E-state index >= 15 is 0 Å². The highest BCUT2D eigenvalue weighted by Crippen LogP contribution is 2.27. The molecule has 0 atom stereocenters. The fourth-order valence-electron chi connectivity index (χ4n) is 2.72. The Bertz CT molecular complexity index is 561. The highest BCUT2D eigenvalue weighted by molar-refractivity contribution is 14.1. The zero-order valence-corrected chi connectivity index (χ0v) is 13.6. The minimum Gasteiger partial charge on any atom is -0.486 e. The van der Waals surface area contributed by atoms with Gasteiger partial charge in [-0.3, -0.25) is 4.68 Å². The molecule has 0 aliphatic heterocycles. The predicted octanol–water partition coefficient (Wildman–Crippen LogP) is 4.57. The van der Waals surface area contributed by atoms with Gasteiger partial charge in [-0.2, -0.15) is 5.10 Å². The Kier molecular flexibility index (Phi) is 4.60. The van der Waals surface area contributed by atoms with E-state index in [9.17, 15) is 0 Å². The number of aromatic nitrogens is 2. The molecule has 1 saturated carbocycles. The second kappa shape index (κ2) is 6.61. The Morgan fingerprint density at radius 2 is 1.95 bits per heavy atom. The Morgan fingerprint density at radius 1 is 1.15 bits per heavy atom. The van der Waals surface area contributed by atoms with Crippen LogP contribution in [-0.4, -0.2) is 9.78 Å². The van der Waals surface area contributed by atoms with Gasteiger partial charge in [0.05, 0.1) is 15.3 Å². The summed E-state index contributed by atoms with van der Waals surface area (Å²) in [6.45, 7) is 0.541. The summed E-state index contributed by atoms with van der Waals surface area (Å²) in [6.07, 6.45) is 8.67. The molecule has 0 radical (unpaired) electrons. The van der Waals surface area contributed by atoms with Crippen LogP contribution in [0.5, 0.6) is 5.75 Å². The van der Waals surface area contributed by atoms with Gasteiger partial charge in [0, 0.05) is 6.20 Å². The average molecular weight is 382 g/mol. The average Bonchev–Trinajstić information content (AvgIpc) is 2.96. The topological polar surface area (TPSA) is 27.1 Å². The van der Waals surface area contributed by atoms with Crippen LogP contribution in [0.2, 0.25) is 0 Å². The first kappa shape index (κ1) is 13.9. The zero-order chi connectivity index (χ0) is 13.8. The van der Waals surface area contributed by atoms with E-state index in [0.717, 1.165) is 15.0 Å². The Hall–Kier alpha value is -1.04. The number of halogens is 1. The summed E-state index contributed by atoms with van der Waals surface area (Å²) in [4.78, 5) is 0. The lowest BCUT2D eigenvalue weighted by atomic mass is 9.96. The first-order valence-corrected chi connectivity index (χ1v) is 8.32. The maximum atomic E-state index is 5.84. The largest absolute Gasteiger partial charge is 0.486 e. The molecule has 0 unspecified atom stereocenters. The molecule has 1 aliphatic carbocycles. The Morgan fingerprint density at radius 3 is 2.75 bits per heavy atom. The molecule has 2 aromatic rings. The number of ether oxygens (including phenoxy) is 1. The van der Waals surface area contributed by atoms with Crippen molar-refractivity contribution in [3.8, 4) is 5.75 Å². The quantitative estimate of drug-likeness (QED) is 0.725. The molecule has 0 amide bonds. The molecule has 1 aromatic carbocycles. The molecule has 20 heavy (non-hydrogen) atoms. The molecule has 106 valence electrons. The maximum absolute atomic E-state index is 5.84. The molecule has 1 aromatic heterocycles. The summed E-state index contributed by atoms with van der Waals surface area (Å²) >= 11 is 2.29. The van der Waals surface area contributed by atoms with E-state index in [1.165, 1.54) is 32.1 Å². The predicted molar refractivity (Wildman–Crippen MR) is 87.8 cm³/mol. The summed E-state index contributed by atoms with van der Waals surface area (Å²) in [5.41, 5.74) is 1.01. The van der Waals surface area contributed by atoms with Gasteiger partial charge in [-0.1, -0.05) is 31.4 Å². The highest BCUT2D eigenvalue weighted by Gasteiger charge is 2.16. The first-order chi connectivity index (χ1) is 9.83. The molecule has 4 heteroatoms. The number of para-hydroxylation sites is 1. The fourth-order valence-corrected chi connectivity index (χ4v) is 3.26. The molecular formula is C16H19IN2O. The number of hydrogen-bond acceptors (Lipinski definition) is 2. The van der Waals surface area contributed by atoms with E-state index in [0.29, 0.717) is 12.6 Å². The maximum Gasteiger partial charge on any atom is 0.133 e. The summed E-state index contributed by atoms with van der Waals surface area (Å²) in [6, 6.07) is 10.7. The van der Waals surface area contributed by atoms with E-state index < -0.39 is 0 Å². The smallest absolute Gasteiger partial charge is 0.133 e. The SMILES string of the molecule is Ic1ccccc1OCc1ccn(C2CCCCC2)n1. The number of nitrogens with zero attached hydrogens (tertiary/aromatic N) is 2. The summed E-state index contributed by atoms with van der Waals surface area (Å²) in [5.74, 6) is 0.931. The molecule has 0 N–H and O–H groups in total. The Labute approximate surface area is 133 Å². The van der Waals surface area contributed by atoms with Crippen molar-refractivity contribution in [1.82, 2.24) is 9.78 Å². The molecule has 1 aliphatic rings. The summed E-state index contributed by atoms with van der Waals surface area (Å²) in [5, 5.41) is 4.67. The lowest BCUT2D eigenvalue weighted by Gasteiger charge is -2.21. The summed E-state index contributed by atoms with van der Waals surface area (Å²) < 4.78 is 9.11. The monoisotopic (exact) mass is 382 g/mol. The van der Waals surface area contributed by atoms with Crippen molar-refractivity contribution in [2.75, 3.05) is 0 Å². The molecule has 0 spiro atoms. The van der Waals surface area contributed by atoms with E-state index in [-0.39, 0.29) is 0 Å².